The minimum Gasteiger partial charge on any atom is -0.309 e. The predicted molar refractivity (Wildman–Crippen MR) is 99.5 cm³/mol. The minimum atomic E-state index is -0.0376. The zero-order valence-corrected chi connectivity index (χ0v) is 14.3. The summed E-state index contributed by atoms with van der Waals surface area (Å²) >= 11 is 0. The van der Waals surface area contributed by atoms with E-state index in [4.69, 9.17) is 0 Å². The average Bonchev–Trinajstić information content (AvgIpc) is 3.37. The number of benzene rings is 2. The molecule has 2 aromatic carbocycles. The molecule has 4 nitrogen and oxygen atoms in total. The molecule has 3 aromatic rings. The van der Waals surface area contributed by atoms with Crippen molar-refractivity contribution in [3.63, 3.8) is 0 Å². The molecule has 1 fully saturated rings. The molecular formula is C21H21N3O. The second-order valence-corrected chi connectivity index (χ2v) is 6.72. The fraction of sp³-hybridized carbons (Fsp3) is 0.238. The van der Waals surface area contributed by atoms with Crippen molar-refractivity contribution in [2.75, 3.05) is 5.32 Å². The monoisotopic (exact) mass is 331 g/mol. The standard InChI is InChI=1S/C21H21N3O/c1-14-11-18(15-5-3-2-4-6-15)10-9-17(14)12-21(25)22-20-13-19(23-24-20)16-7-8-16/h2-6,9-11,13,16H,7-8,12H2,1H3,(H2,22,23,24,25). The number of aryl methyl sites for hydroxylation is 1. The lowest BCUT2D eigenvalue weighted by molar-refractivity contribution is -0.115. The number of anilines is 1. The molecular weight excluding hydrogens is 310 g/mol. The van der Waals surface area contributed by atoms with Gasteiger partial charge in [-0.25, -0.2) is 0 Å². The Kier molecular flexibility index (Phi) is 4.10. The maximum Gasteiger partial charge on any atom is 0.230 e. The number of hydrogen-bond acceptors (Lipinski definition) is 2. The van der Waals surface area contributed by atoms with E-state index < -0.39 is 0 Å². The van der Waals surface area contributed by atoms with Gasteiger partial charge in [-0.2, -0.15) is 5.10 Å². The van der Waals surface area contributed by atoms with Gasteiger partial charge in [-0.3, -0.25) is 9.89 Å². The van der Waals surface area contributed by atoms with Gasteiger partial charge >= 0.3 is 0 Å². The van der Waals surface area contributed by atoms with Gasteiger partial charge in [0.2, 0.25) is 5.91 Å². The molecule has 126 valence electrons. The predicted octanol–water partition coefficient (Wildman–Crippen LogP) is 4.44. The average molecular weight is 331 g/mol. The largest absolute Gasteiger partial charge is 0.309 e. The zero-order valence-electron chi connectivity index (χ0n) is 14.3. The highest BCUT2D eigenvalue weighted by Gasteiger charge is 2.25. The highest BCUT2D eigenvalue weighted by Crippen LogP contribution is 2.39. The number of carbonyl (C=O) groups excluding carboxylic acids is 1. The van der Waals surface area contributed by atoms with E-state index in [2.05, 4.69) is 46.7 Å². The highest BCUT2D eigenvalue weighted by atomic mass is 16.1. The van der Waals surface area contributed by atoms with Crippen LogP contribution in [0.15, 0.2) is 54.6 Å². The zero-order chi connectivity index (χ0) is 17.2. The van der Waals surface area contributed by atoms with E-state index in [0.29, 0.717) is 18.2 Å². The first-order valence-corrected chi connectivity index (χ1v) is 8.69. The Bertz CT molecular complexity index is 895. The van der Waals surface area contributed by atoms with Crippen LogP contribution in [-0.4, -0.2) is 16.1 Å². The van der Waals surface area contributed by atoms with Crippen molar-refractivity contribution in [1.82, 2.24) is 10.2 Å². The molecule has 1 aliphatic carbocycles. The minimum absolute atomic E-state index is 0.0376. The van der Waals surface area contributed by atoms with E-state index in [0.717, 1.165) is 16.8 Å². The number of amides is 1. The highest BCUT2D eigenvalue weighted by molar-refractivity contribution is 5.91. The van der Waals surface area contributed by atoms with Crippen molar-refractivity contribution in [3.05, 3.63) is 71.4 Å². The summed E-state index contributed by atoms with van der Waals surface area (Å²) in [6.07, 6.45) is 2.78. The number of carbonyl (C=O) groups is 1. The first-order valence-electron chi connectivity index (χ1n) is 8.69. The lowest BCUT2D eigenvalue weighted by Gasteiger charge is -2.09. The van der Waals surface area contributed by atoms with Crippen LogP contribution in [0, 0.1) is 6.92 Å². The molecule has 0 saturated heterocycles. The van der Waals surface area contributed by atoms with E-state index >= 15 is 0 Å². The number of H-pyrrole nitrogens is 1. The Hall–Kier alpha value is -2.88. The molecule has 0 bridgehead atoms. The van der Waals surface area contributed by atoms with Crippen LogP contribution in [-0.2, 0) is 11.2 Å². The first-order chi connectivity index (χ1) is 12.2. The SMILES string of the molecule is Cc1cc(-c2ccccc2)ccc1CC(=O)Nc1cc(C2CC2)[nH]n1. The third-order valence-electron chi connectivity index (χ3n) is 4.68. The van der Waals surface area contributed by atoms with Crippen LogP contribution in [0.25, 0.3) is 11.1 Å². The normalized spacial score (nSPS) is 13.6. The van der Waals surface area contributed by atoms with Crippen LogP contribution < -0.4 is 5.32 Å². The maximum absolute atomic E-state index is 12.3. The molecule has 1 amide bonds. The van der Waals surface area contributed by atoms with Gasteiger partial charge in [-0.1, -0.05) is 48.5 Å². The van der Waals surface area contributed by atoms with Crippen LogP contribution >= 0.6 is 0 Å². The third-order valence-corrected chi connectivity index (χ3v) is 4.68. The van der Waals surface area contributed by atoms with Crippen LogP contribution in [0.5, 0.6) is 0 Å². The first kappa shape index (κ1) is 15.6. The summed E-state index contributed by atoms with van der Waals surface area (Å²) in [6, 6.07) is 18.5. The lowest BCUT2D eigenvalue weighted by atomic mass is 9.98. The molecule has 0 unspecified atom stereocenters. The molecule has 0 spiro atoms. The van der Waals surface area contributed by atoms with Crippen molar-refractivity contribution in [2.45, 2.75) is 32.1 Å². The number of nitrogens with one attached hydrogen (secondary N) is 2. The second-order valence-electron chi connectivity index (χ2n) is 6.72. The molecule has 1 aliphatic rings. The van der Waals surface area contributed by atoms with Gasteiger partial charge in [0, 0.05) is 17.7 Å². The Morgan fingerprint density at radius 3 is 2.64 bits per heavy atom. The molecule has 1 heterocycles. The van der Waals surface area contributed by atoms with Crippen molar-refractivity contribution in [1.29, 1.82) is 0 Å². The summed E-state index contributed by atoms with van der Waals surface area (Å²) < 4.78 is 0. The summed E-state index contributed by atoms with van der Waals surface area (Å²) in [5.41, 5.74) is 5.64. The molecule has 25 heavy (non-hydrogen) atoms. The molecule has 0 atom stereocenters. The van der Waals surface area contributed by atoms with E-state index in [-0.39, 0.29) is 5.91 Å². The van der Waals surface area contributed by atoms with E-state index in [1.165, 1.54) is 24.0 Å². The van der Waals surface area contributed by atoms with Gasteiger partial charge in [0.25, 0.3) is 0 Å². The smallest absolute Gasteiger partial charge is 0.230 e. The second kappa shape index (κ2) is 6.55. The van der Waals surface area contributed by atoms with Gasteiger partial charge in [-0.15, -0.1) is 0 Å². The Morgan fingerprint density at radius 1 is 1.12 bits per heavy atom. The van der Waals surface area contributed by atoms with Crippen LogP contribution in [0.1, 0.15) is 35.6 Å². The van der Waals surface area contributed by atoms with Crippen molar-refractivity contribution >= 4 is 11.7 Å². The third kappa shape index (κ3) is 3.63. The summed E-state index contributed by atoms with van der Waals surface area (Å²) in [7, 11) is 0. The molecule has 1 saturated carbocycles. The maximum atomic E-state index is 12.3. The molecule has 1 aromatic heterocycles. The topological polar surface area (TPSA) is 57.8 Å². The molecule has 0 aliphatic heterocycles. The van der Waals surface area contributed by atoms with Gasteiger partial charge in [0.05, 0.1) is 6.42 Å². The quantitative estimate of drug-likeness (QED) is 0.726. The van der Waals surface area contributed by atoms with Gasteiger partial charge in [0.15, 0.2) is 5.82 Å². The number of hydrogen-bond donors (Lipinski definition) is 2. The summed E-state index contributed by atoms with van der Waals surface area (Å²) in [5, 5.41) is 10.1. The van der Waals surface area contributed by atoms with Crippen molar-refractivity contribution in [3.8, 4) is 11.1 Å². The molecule has 4 heteroatoms. The van der Waals surface area contributed by atoms with E-state index in [1.807, 2.05) is 30.3 Å². The fourth-order valence-corrected chi connectivity index (χ4v) is 3.07. The van der Waals surface area contributed by atoms with Crippen LogP contribution in [0.3, 0.4) is 0 Å². The van der Waals surface area contributed by atoms with Crippen molar-refractivity contribution < 1.29 is 4.79 Å². The number of nitrogens with zero attached hydrogens (tertiary/aromatic N) is 1. The Balaban J connectivity index is 1.43. The number of rotatable bonds is 5. The summed E-state index contributed by atoms with van der Waals surface area (Å²) in [5.74, 6) is 1.18. The lowest BCUT2D eigenvalue weighted by Crippen LogP contribution is -2.15. The van der Waals surface area contributed by atoms with Gasteiger partial charge in [-0.05, 0) is 42.0 Å². The van der Waals surface area contributed by atoms with Crippen molar-refractivity contribution in [2.24, 2.45) is 0 Å². The number of aromatic nitrogens is 2. The van der Waals surface area contributed by atoms with Gasteiger partial charge in [0.1, 0.15) is 0 Å². The Labute approximate surface area is 147 Å². The van der Waals surface area contributed by atoms with Crippen LogP contribution in [0.4, 0.5) is 5.82 Å². The number of aromatic amines is 1. The van der Waals surface area contributed by atoms with E-state index in [9.17, 15) is 4.79 Å². The summed E-state index contributed by atoms with van der Waals surface area (Å²) in [6.45, 7) is 2.05. The Morgan fingerprint density at radius 2 is 1.92 bits per heavy atom. The fourth-order valence-electron chi connectivity index (χ4n) is 3.07. The van der Waals surface area contributed by atoms with Crippen LogP contribution in [0.2, 0.25) is 0 Å². The molecule has 0 radical (unpaired) electrons. The van der Waals surface area contributed by atoms with E-state index in [1.54, 1.807) is 0 Å². The molecule has 4 rings (SSSR count). The molecule has 2 N–H and O–H groups in total. The summed E-state index contributed by atoms with van der Waals surface area (Å²) in [4.78, 5) is 12.3. The van der Waals surface area contributed by atoms with Gasteiger partial charge < -0.3 is 5.32 Å².